The minimum absolute atomic E-state index is 0.193. The molecule has 5 N–H and O–H groups in total. The zero-order valence-electron chi connectivity index (χ0n) is 36.2. The van der Waals surface area contributed by atoms with Gasteiger partial charge in [-0.25, -0.2) is 0 Å². The number of nitrogens with one attached hydrogen (secondary N) is 5. The Morgan fingerprint density at radius 3 is 1.43 bits per heavy atom. The molecule has 1 aromatic rings. The summed E-state index contributed by atoms with van der Waals surface area (Å²) in [5.74, 6) is 2.76. The number of ether oxygens (including phenoxy) is 3. The van der Waals surface area contributed by atoms with Gasteiger partial charge in [-0.2, -0.15) is 0 Å². The van der Waals surface area contributed by atoms with Crippen molar-refractivity contribution < 1.29 is 14.2 Å². The minimum atomic E-state index is 0.193. The van der Waals surface area contributed by atoms with E-state index >= 15 is 0 Å². The van der Waals surface area contributed by atoms with Crippen LogP contribution in [0.25, 0.3) is 0 Å². The van der Waals surface area contributed by atoms with Gasteiger partial charge in [-0.05, 0) is 104 Å². The average molecular weight is 720 g/mol. The van der Waals surface area contributed by atoms with Crippen molar-refractivity contribution in [1.82, 2.24) is 26.6 Å². The van der Waals surface area contributed by atoms with Gasteiger partial charge in [-0.1, -0.05) is 86.2 Å². The van der Waals surface area contributed by atoms with Crippen LogP contribution in [-0.2, 0) is 20.6 Å². The minimum Gasteiger partial charge on any atom is -0.477 e. The Bertz CT molecular complexity index is 958. The van der Waals surface area contributed by atoms with Crippen LogP contribution in [0.2, 0.25) is 0 Å². The highest BCUT2D eigenvalue weighted by molar-refractivity contribution is 5.24. The zero-order chi connectivity index (χ0) is 39.9. The van der Waals surface area contributed by atoms with Gasteiger partial charge >= 0.3 is 0 Å². The van der Waals surface area contributed by atoms with Gasteiger partial charge in [0.2, 0.25) is 0 Å². The van der Waals surface area contributed by atoms with Crippen LogP contribution in [0.4, 0.5) is 0 Å². The summed E-state index contributed by atoms with van der Waals surface area (Å²) >= 11 is 0. The van der Waals surface area contributed by atoms with Gasteiger partial charge in [0, 0.05) is 50.0 Å². The smallest absolute Gasteiger partial charge is 0.179 e. The van der Waals surface area contributed by atoms with E-state index in [2.05, 4.69) is 140 Å². The monoisotopic (exact) mass is 720 g/mol. The third-order valence-electron chi connectivity index (χ3n) is 6.51. The second kappa shape index (κ2) is 33.2. The van der Waals surface area contributed by atoms with Crippen LogP contribution in [-0.4, -0.2) is 69.2 Å². The Kier molecular flexibility index (Phi) is 34.3. The van der Waals surface area contributed by atoms with Crippen LogP contribution in [0.1, 0.15) is 134 Å². The Morgan fingerprint density at radius 1 is 0.569 bits per heavy atom. The molecule has 0 amide bonds. The first-order valence-electron chi connectivity index (χ1n) is 19.5. The van der Waals surface area contributed by atoms with Gasteiger partial charge in [-0.3, -0.25) is 0 Å². The third kappa shape index (κ3) is 43.4. The van der Waals surface area contributed by atoms with Crippen LogP contribution in [0.15, 0.2) is 61.5 Å². The van der Waals surface area contributed by atoms with E-state index in [4.69, 9.17) is 14.2 Å². The first-order chi connectivity index (χ1) is 23.7. The fraction of sp³-hybridized carbons (Fsp3) is 0.721. The van der Waals surface area contributed by atoms with Gasteiger partial charge in [0.05, 0.1) is 24.9 Å². The molecule has 0 atom stereocenters. The second-order valence-corrected chi connectivity index (χ2v) is 15.3. The Balaban J connectivity index is -0.000000607. The molecule has 0 unspecified atom stereocenters. The van der Waals surface area contributed by atoms with Crippen molar-refractivity contribution in [2.24, 2.45) is 5.92 Å². The lowest BCUT2D eigenvalue weighted by Crippen LogP contribution is -2.32. The number of rotatable bonds is 23. The SMILES string of the molecule is C=C(COC(C)C)NCCNC(C)C.C=C(NC(C)C)OC(C)C.C=C(NCCNC(C)C)OC(C)C.CC(C)CCc1ccc(C(C)C)cc1. The van der Waals surface area contributed by atoms with Crippen molar-refractivity contribution in [2.45, 2.75) is 166 Å². The first kappa shape index (κ1) is 52.7. The molecule has 0 aliphatic rings. The summed E-state index contributed by atoms with van der Waals surface area (Å²) in [6.07, 6.45) is 3.18. The normalized spacial score (nSPS) is 10.8. The van der Waals surface area contributed by atoms with Gasteiger partial charge in [0.25, 0.3) is 0 Å². The van der Waals surface area contributed by atoms with E-state index < -0.39 is 0 Å². The average Bonchev–Trinajstić information content (AvgIpc) is 2.99. The number of hydrogen-bond acceptors (Lipinski definition) is 8. The Morgan fingerprint density at radius 2 is 1.04 bits per heavy atom. The summed E-state index contributed by atoms with van der Waals surface area (Å²) in [5, 5.41) is 16.0. The van der Waals surface area contributed by atoms with Crippen LogP contribution >= 0.6 is 0 Å². The van der Waals surface area contributed by atoms with Crippen molar-refractivity contribution in [3.05, 3.63) is 72.6 Å². The van der Waals surface area contributed by atoms with Crippen molar-refractivity contribution in [2.75, 3.05) is 32.8 Å². The topological polar surface area (TPSA) is 87.8 Å². The van der Waals surface area contributed by atoms with Gasteiger partial charge in [0.15, 0.2) is 11.8 Å². The maximum Gasteiger partial charge on any atom is 0.179 e. The molecule has 300 valence electrons. The van der Waals surface area contributed by atoms with E-state index in [1.54, 1.807) is 0 Å². The van der Waals surface area contributed by atoms with E-state index in [1.165, 1.54) is 24.0 Å². The molecule has 0 aromatic heterocycles. The fourth-order valence-corrected chi connectivity index (χ4v) is 3.97. The summed E-state index contributed by atoms with van der Waals surface area (Å²) in [6, 6.07) is 10.5. The lowest BCUT2D eigenvalue weighted by atomic mass is 9.98. The molecule has 0 spiro atoms. The molecule has 8 heteroatoms. The molecular weight excluding hydrogens is 635 g/mol. The number of hydrogen-bond donors (Lipinski definition) is 5. The zero-order valence-corrected chi connectivity index (χ0v) is 36.2. The summed E-state index contributed by atoms with van der Waals surface area (Å²) in [4.78, 5) is 0. The van der Waals surface area contributed by atoms with Crippen LogP contribution in [0.3, 0.4) is 0 Å². The Labute approximate surface area is 317 Å². The van der Waals surface area contributed by atoms with Gasteiger partial charge in [0.1, 0.15) is 0 Å². The molecule has 0 aliphatic heterocycles. The van der Waals surface area contributed by atoms with E-state index in [1.807, 2.05) is 41.5 Å². The fourth-order valence-electron chi connectivity index (χ4n) is 3.97. The van der Waals surface area contributed by atoms with E-state index in [0.29, 0.717) is 42.4 Å². The standard InChI is InChI=1S/C14H22.C11H24N2O.C10H22N2O.C8H17NO/c1-11(2)5-6-13-7-9-14(10-8-13)12(3)4;1-9(2)12-6-7-13-11(5)8-14-10(3)4;1-8(2)11-6-7-12-10(5)13-9(3)4;1-6(2)9-8(5)10-7(3)4/h7-12H,5-6H2,1-4H3;9-10,12-13H,5-8H2,1-4H3;8-9,11-12H,5-7H2,1-4H3;6-7,9H,5H2,1-4H3. The van der Waals surface area contributed by atoms with Crippen molar-refractivity contribution >= 4 is 0 Å². The molecule has 1 aromatic carbocycles. The number of benzene rings is 1. The third-order valence-corrected chi connectivity index (χ3v) is 6.51. The molecule has 0 saturated carbocycles. The van der Waals surface area contributed by atoms with Gasteiger partial charge in [-0.15, -0.1) is 0 Å². The summed E-state index contributed by atoms with van der Waals surface area (Å²) in [6.45, 7) is 49.2. The van der Waals surface area contributed by atoms with Crippen molar-refractivity contribution in [3.8, 4) is 0 Å². The first-order valence-corrected chi connectivity index (χ1v) is 19.5. The molecular formula is C43H85N5O3. The Hall–Kier alpha value is -2.68. The van der Waals surface area contributed by atoms with E-state index in [-0.39, 0.29) is 18.3 Å². The molecule has 0 saturated heterocycles. The largest absolute Gasteiger partial charge is 0.477 e. The summed E-state index contributed by atoms with van der Waals surface area (Å²) < 4.78 is 16.0. The predicted molar refractivity (Wildman–Crippen MR) is 225 cm³/mol. The highest BCUT2D eigenvalue weighted by atomic mass is 16.5. The van der Waals surface area contributed by atoms with E-state index in [0.717, 1.165) is 37.8 Å². The quantitative estimate of drug-likeness (QED) is 0.0566. The molecule has 0 radical (unpaired) electrons. The van der Waals surface area contributed by atoms with Crippen LogP contribution in [0.5, 0.6) is 0 Å². The molecule has 51 heavy (non-hydrogen) atoms. The van der Waals surface area contributed by atoms with E-state index in [9.17, 15) is 0 Å². The number of aryl methyl sites for hydroxylation is 1. The van der Waals surface area contributed by atoms with Crippen LogP contribution < -0.4 is 26.6 Å². The van der Waals surface area contributed by atoms with Crippen molar-refractivity contribution in [3.63, 3.8) is 0 Å². The van der Waals surface area contributed by atoms with Crippen LogP contribution in [0, 0.1) is 5.92 Å². The molecule has 0 fully saturated rings. The highest BCUT2D eigenvalue weighted by Crippen LogP contribution is 2.16. The highest BCUT2D eigenvalue weighted by Gasteiger charge is 2.01. The van der Waals surface area contributed by atoms with Gasteiger partial charge < -0.3 is 40.8 Å². The molecule has 8 nitrogen and oxygen atoms in total. The second-order valence-electron chi connectivity index (χ2n) is 15.3. The molecule has 1 rings (SSSR count). The maximum atomic E-state index is 5.40. The molecule has 0 heterocycles. The predicted octanol–water partition coefficient (Wildman–Crippen LogP) is 9.26. The maximum absolute atomic E-state index is 5.40. The lowest BCUT2D eigenvalue weighted by Gasteiger charge is -2.16. The lowest BCUT2D eigenvalue weighted by molar-refractivity contribution is 0.0944. The summed E-state index contributed by atoms with van der Waals surface area (Å²) in [7, 11) is 0. The summed E-state index contributed by atoms with van der Waals surface area (Å²) in [5.41, 5.74) is 3.87. The molecule has 0 bridgehead atoms. The van der Waals surface area contributed by atoms with Crippen molar-refractivity contribution in [1.29, 1.82) is 0 Å². The molecule has 0 aliphatic carbocycles.